The summed E-state index contributed by atoms with van der Waals surface area (Å²) in [6.07, 6.45) is 5.53. The van der Waals surface area contributed by atoms with Crippen LogP contribution in [0.25, 0.3) is 0 Å². The molecular weight excluding hydrogens is 402 g/mol. The number of nitrogens with two attached hydrogens (primary N) is 1. The van der Waals surface area contributed by atoms with Crippen LogP contribution in [0, 0.1) is 0 Å². The number of hydrogen-bond acceptors (Lipinski definition) is 8. The van der Waals surface area contributed by atoms with Gasteiger partial charge in [-0.1, -0.05) is 29.8 Å². The topological polar surface area (TPSA) is 119 Å². The highest BCUT2D eigenvalue weighted by atomic mass is 35.5. The number of hydrogen-bond donors (Lipinski definition) is 3. The van der Waals surface area contributed by atoms with Crippen molar-refractivity contribution in [1.82, 2.24) is 14.9 Å². The van der Waals surface area contributed by atoms with Crippen LogP contribution in [0.4, 0.5) is 11.6 Å². The predicted octanol–water partition coefficient (Wildman–Crippen LogP) is 3.12. The normalized spacial score (nSPS) is 13.9. The highest BCUT2D eigenvalue weighted by molar-refractivity contribution is 7.99. The van der Waals surface area contributed by atoms with Crippen LogP contribution in [-0.4, -0.2) is 39.4 Å². The molecule has 4 N–H and O–H groups in total. The number of nitrogen functional groups attached to an aromatic ring is 1. The second kappa shape index (κ2) is 9.65. The van der Waals surface area contributed by atoms with Crippen molar-refractivity contribution in [1.29, 1.82) is 0 Å². The second-order valence-corrected chi connectivity index (χ2v) is 7.59. The number of rotatable bonds is 7. The first-order chi connectivity index (χ1) is 13.6. The summed E-state index contributed by atoms with van der Waals surface area (Å²) >= 11 is 7.14. The molecule has 1 heterocycles. The fourth-order valence-corrected chi connectivity index (χ4v) is 3.58. The molecule has 0 atom stereocenters. The third-order valence-corrected chi connectivity index (χ3v) is 5.36. The van der Waals surface area contributed by atoms with Crippen molar-refractivity contribution in [2.45, 2.75) is 37.3 Å². The fourth-order valence-electron chi connectivity index (χ4n) is 2.75. The number of hydrazone groups is 1. The number of carbonyl (C=O) groups excluding carboxylic acids is 1. The van der Waals surface area contributed by atoms with Crippen LogP contribution < -0.4 is 21.3 Å². The Morgan fingerprint density at radius 3 is 2.89 bits per heavy atom. The summed E-state index contributed by atoms with van der Waals surface area (Å²) in [5.41, 5.74) is 4.47. The predicted molar refractivity (Wildman–Crippen MR) is 112 cm³/mol. The number of carbonyl (C=O) groups is 1. The fraction of sp³-hybridized carbons (Fsp3) is 0.412. The summed E-state index contributed by atoms with van der Waals surface area (Å²) in [5.74, 6) is 6.70. The molecule has 0 saturated heterocycles. The second-order valence-electron chi connectivity index (χ2n) is 6.21. The smallest absolute Gasteiger partial charge is 0.264 e. The molecule has 1 amide bonds. The SMILES string of the molecule is COc1ccc(Cl)cc1NC(=O)CSc1nnc(NN=C2CCCCC2)n1N. The van der Waals surface area contributed by atoms with Gasteiger partial charge in [0.15, 0.2) is 0 Å². The number of nitrogens with one attached hydrogen (secondary N) is 2. The maximum atomic E-state index is 12.2. The molecule has 0 aliphatic heterocycles. The number of benzene rings is 1. The molecule has 0 spiro atoms. The Kier molecular flexibility index (Phi) is 6.99. The summed E-state index contributed by atoms with van der Waals surface area (Å²) in [6.45, 7) is 0. The number of amides is 1. The molecule has 1 aromatic carbocycles. The van der Waals surface area contributed by atoms with Gasteiger partial charge in [-0.15, -0.1) is 10.2 Å². The van der Waals surface area contributed by atoms with Crippen LogP contribution in [0.15, 0.2) is 28.5 Å². The van der Waals surface area contributed by atoms with Gasteiger partial charge in [-0.25, -0.2) is 10.1 Å². The number of anilines is 2. The zero-order valence-corrected chi connectivity index (χ0v) is 17.0. The largest absolute Gasteiger partial charge is 0.495 e. The lowest BCUT2D eigenvalue weighted by atomic mass is 9.99. The summed E-state index contributed by atoms with van der Waals surface area (Å²) in [6, 6.07) is 5.00. The van der Waals surface area contributed by atoms with E-state index in [1.54, 1.807) is 18.2 Å². The highest BCUT2D eigenvalue weighted by Crippen LogP contribution is 2.28. The van der Waals surface area contributed by atoms with Gasteiger partial charge in [0.05, 0.1) is 18.6 Å². The van der Waals surface area contributed by atoms with Crippen molar-refractivity contribution in [3.05, 3.63) is 23.2 Å². The molecule has 0 unspecified atom stereocenters. The van der Waals surface area contributed by atoms with Gasteiger partial charge in [0.1, 0.15) is 5.75 Å². The number of aromatic nitrogens is 3. The highest BCUT2D eigenvalue weighted by Gasteiger charge is 2.14. The average molecular weight is 424 g/mol. The van der Waals surface area contributed by atoms with E-state index >= 15 is 0 Å². The third-order valence-electron chi connectivity index (χ3n) is 4.18. The Morgan fingerprint density at radius 2 is 2.14 bits per heavy atom. The summed E-state index contributed by atoms with van der Waals surface area (Å²) in [4.78, 5) is 12.2. The van der Waals surface area contributed by atoms with E-state index in [0.29, 0.717) is 27.6 Å². The van der Waals surface area contributed by atoms with Gasteiger partial charge in [0.25, 0.3) is 5.95 Å². The molecule has 2 aromatic rings. The maximum Gasteiger partial charge on any atom is 0.264 e. The Hall–Kier alpha value is -2.46. The summed E-state index contributed by atoms with van der Waals surface area (Å²) < 4.78 is 6.50. The average Bonchev–Trinajstić information content (AvgIpc) is 3.05. The molecule has 28 heavy (non-hydrogen) atoms. The molecule has 0 bridgehead atoms. The van der Waals surface area contributed by atoms with Gasteiger partial charge in [0, 0.05) is 10.7 Å². The number of methoxy groups -OCH3 is 1. The molecule has 150 valence electrons. The van der Waals surface area contributed by atoms with Gasteiger partial charge in [0.2, 0.25) is 11.1 Å². The van der Waals surface area contributed by atoms with Gasteiger partial charge in [-0.2, -0.15) is 5.10 Å². The first-order valence-corrected chi connectivity index (χ1v) is 10.2. The van der Waals surface area contributed by atoms with E-state index in [1.807, 2.05) is 0 Å². The molecule has 11 heteroatoms. The van der Waals surface area contributed by atoms with Crippen molar-refractivity contribution in [2.75, 3.05) is 29.4 Å². The minimum Gasteiger partial charge on any atom is -0.495 e. The van der Waals surface area contributed by atoms with Crippen LogP contribution in [0.1, 0.15) is 32.1 Å². The molecule has 9 nitrogen and oxygen atoms in total. The minimum absolute atomic E-state index is 0.0967. The number of ether oxygens (including phenoxy) is 1. The van der Waals surface area contributed by atoms with Crippen LogP contribution in [0.3, 0.4) is 0 Å². The van der Waals surface area contributed by atoms with Crippen LogP contribution in [-0.2, 0) is 4.79 Å². The van der Waals surface area contributed by atoms with Crippen LogP contribution >= 0.6 is 23.4 Å². The monoisotopic (exact) mass is 423 g/mol. The quantitative estimate of drug-likeness (QED) is 0.355. The minimum atomic E-state index is -0.245. The van der Waals surface area contributed by atoms with Crippen LogP contribution in [0.5, 0.6) is 5.75 Å². The van der Waals surface area contributed by atoms with Gasteiger partial charge >= 0.3 is 0 Å². The molecule has 3 rings (SSSR count). The Balaban J connectivity index is 1.55. The molecule has 1 aromatic heterocycles. The van der Waals surface area contributed by atoms with E-state index in [1.165, 1.54) is 18.2 Å². The number of halogens is 1. The summed E-state index contributed by atoms with van der Waals surface area (Å²) in [5, 5.41) is 16.0. The number of thioether (sulfide) groups is 1. The molecule has 1 aliphatic rings. The zero-order chi connectivity index (χ0) is 19.9. The van der Waals surface area contributed by atoms with Crippen molar-refractivity contribution in [2.24, 2.45) is 5.10 Å². The Bertz CT molecular complexity index is 863. The molecule has 1 fully saturated rings. The van der Waals surface area contributed by atoms with E-state index in [9.17, 15) is 4.79 Å². The zero-order valence-electron chi connectivity index (χ0n) is 15.4. The lowest BCUT2D eigenvalue weighted by molar-refractivity contribution is -0.113. The van der Waals surface area contributed by atoms with E-state index < -0.39 is 0 Å². The van der Waals surface area contributed by atoms with Crippen molar-refractivity contribution < 1.29 is 9.53 Å². The molecule has 0 radical (unpaired) electrons. The lowest BCUT2D eigenvalue weighted by Crippen LogP contribution is -2.17. The third kappa shape index (κ3) is 5.29. The first kappa shape index (κ1) is 20.3. The Morgan fingerprint density at radius 1 is 1.36 bits per heavy atom. The molecule has 1 saturated carbocycles. The summed E-state index contributed by atoms with van der Waals surface area (Å²) in [7, 11) is 1.52. The Labute approximate surface area is 172 Å². The number of nitrogens with zero attached hydrogens (tertiary/aromatic N) is 4. The van der Waals surface area contributed by atoms with E-state index in [-0.39, 0.29) is 11.7 Å². The lowest BCUT2D eigenvalue weighted by Gasteiger charge is -2.12. The van der Waals surface area contributed by atoms with Crippen LogP contribution in [0.2, 0.25) is 5.02 Å². The van der Waals surface area contributed by atoms with Gasteiger partial charge in [-0.05, 0) is 43.9 Å². The molecule has 1 aliphatic carbocycles. The van der Waals surface area contributed by atoms with E-state index in [4.69, 9.17) is 22.2 Å². The van der Waals surface area contributed by atoms with Gasteiger partial charge < -0.3 is 15.9 Å². The van der Waals surface area contributed by atoms with E-state index in [0.717, 1.165) is 43.2 Å². The molecular formula is C17H22ClN7O2S. The van der Waals surface area contributed by atoms with Crippen molar-refractivity contribution in [3.8, 4) is 5.75 Å². The maximum absolute atomic E-state index is 12.2. The standard InChI is InChI=1S/C17H22ClN7O2S/c1-27-14-8-7-11(18)9-13(14)20-15(26)10-28-17-24-23-16(25(17)19)22-21-12-5-3-2-4-6-12/h7-9H,2-6,10,19H2,1H3,(H,20,26)(H,22,23). The van der Waals surface area contributed by atoms with Crippen molar-refractivity contribution in [3.63, 3.8) is 0 Å². The van der Waals surface area contributed by atoms with E-state index in [2.05, 4.69) is 26.0 Å². The first-order valence-electron chi connectivity index (χ1n) is 8.85. The van der Waals surface area contributed by atoms with Gasteiger partial charge in [-0.3, -0.25) is 4.79 Å². The van der Waals surface area contributed by atoms with Crippen molar-refractivity contribution >= 4 is 46.6 Å².